The van der Waals surface area contributed by atoms with E-state index in [2.05, 4.69) is 25.7 Å². The van der Waals surface area contributed by atoms with E-state index in [1.165, 1.54) is 12.4 Å². The fourth-order valence-electron chi connectivity index (χ4n) is 1.57. The number of hydrogen-bond acceptors (Lipinski definition) is 6. The number of nitrogen functional groups attached to an aromatic ring is 1. The molecule has 19 heavy (non-hydrogen) atoms. The van der Waals surface area contributed by atoms with Crippen molar-refractivity contribution in [3.63, 3.8) is 0 Å². The van der Waals surface area contributed by atoms with E-state index in [0.29, 0.717) is 12.4 Å². The number of carbonyl (C=O) groups excluding carboxylic acids is 1. The number of nitrogens with one attached hydrogen (secondary N) is 2. The number of hydrogen-bond donors (Lipinski definition) is 3. The highest BCUT2D eigenvalue weighted by Crippen LogP contribution is 2.00. The lowest BCUT2D eigenvalue weighted by Crippen LogP contribution is -2.36. The molecule has 0 aromatic carbocycles. The van der Waals surface area contributed by atoms with Crippen LogP contribution in [0.2, 0.25) is 0 Å². The van der Waals surface area contributed by atoms with E-state index in [0.717, 1.165) is 0 Å². The molecule has 0 fully saturated rings. The number of rotatable bonds is 5. The molecular weight excluding hydrogens is 246 g/mol. The lowest BCUT2D eigenvalue weighted by Gasteiger charge is -2.13. The number of imidazole rings is 1. The monoisotopic (exact) mass is 261 g/mol. The second kappa shape index (κ2) is 5.91. The standard InChI is InChI=1S/C11H15N7O/c1-8(6-18-3-2-13-7-18)16-11(19)9-4-15-10(17-12)5-14-9/h2-5,7-8H,6,12H2,1H3,(H,15,17)(H,16,19). The van der Waals surface area contributed by atoms with Gasteiger partial charge in [0.2, 0.25) is 0 Å². The van der Waals surface area contributed by atoms with Crippen LogP contribution < -0.4 is 16.6 Å². The highest BCUT2D eigenvalue weighted by Gasteiger charge is 2.11. The molecule has 0 spiro atoms. The minimum atomic E-state index is -0.274. The number of hydrazine groups is 1. The summed E-state index contributed by atoms with van der Waals surface area (Å²) in [5, 5.41) is 2.83. The Bertz CT molecular complexity index is 522. The van der Waals surface area contributed by atoms with Gasteiger partial charge in [0.1, 0.15) is 5.69 Å². The molecule has 0 aliphatic rings. The summed E-state index contributed by atoms with van der Waals surface area (Å²) < 4.78 is 1.89. The van der Waals surface area contributed by atoms with Gasteiger partial charge in [0, 0.05) is 25.0 Å². The number of amides is 1. The minimum Gasteiger partial charge on any atom is -0.346 e. The van der Waals surface area contributed by atoms with E-state index in [1.54, 1.807) is 12.5 Å². The molecule has 2 heterocycles. The Kier molecular flexibility index (Phi) is 4.04. The van der Waals surface area contributed by atoms with Crippen LogP contribution in [0.3, 0.4) is 0 Å². The fraction of sp³-hybridized carbons (Fsp3) is 0.273. The average Bonchev–Trinajstić information content (AvgIpc) is 2.91. The molecule has 0 aliphatic carbocycles. The Morgan fingerprint density at radius 3 is 2.89 bits per heavy atom. The second-order valence-corrected chi connectivity index (χ2v) is 4.07. The molecule has 2 aromatic rings. The van der Waals surface area contributed by atoms with Crippen LogP contribution >= 0.6 is 0 Å². The van der Waals surface area contributed by atoms with Crippen LogP contribution in [0.5, 0.6) is 0 Å². The van der Waals surface area contributed by atoms with E-state index in [9.17, 15) is 4.79 Å². The third-order valence-electron chi connectivity index (χ3n) is 2.45. The Balaban J connectivity index is 1.92. The van der Waals surface area contributed by atoms with Crippen LogP contribution in [0, 0.1) is 0 Å². The summed E-state index contributed by atoms with van der Waals surface area (Å²) in [5.74, 6) is 5.30. The maximum atomic E-state index is 11.9. The summed E-state index contributed by atoms with van der Waals surface area (Å²) in [6.07, 6.45) is 8.00. The van der Waals surface area contributed by atoms with Gasteiger partial charge in [0.05, 0.1) is 18.7 Å². The first-order chi connectivity index (χ1) is 9.19. The fourth-order valence-corrected chi connectivity index (χ4v) is 1.57. The van der Waals surface area contributed by atoms with E-state index in [4.69, 9.17) is 5.84 Å². The Morgan fingerprint density at radius 2 is 2.32 bits per heavy atom. The zero-order chi connectivity index (χ0) is 13.7. The normalized spacial score (nSPS) is 11.9. The zero-order valence-electron chi connectivity index (χ0n) is 10.4. The van der Waals surface area contributed by atoms with Gasteiger partial charge < -0.3 is 15.3 Å². The first kappa shape index (κ1) is 13.0. The van der Waals surface area contributed by atoms with Crippen molar-refractivity contribution >= 4 is 11.7 Å². The van der Waals surface area contributed by atoms with Crippen LogP contribution in [-0.4, -0.2) is 31.5 Å². The molecule has 100 valence electrons. The van der Waals surface area contributed by atoms with Crippen molar-refractivity contribution in [2.45, 2.75) is 19.5 Å². The third kappa shape index (κ3) is 3.49. The molecule has 0 aliphatic heterocycles. The number of nitrogens with zero attached hydrogens (tertiary/aromatic N) is 4. The van der Waals surface area contributed by atoms with Crippen LogP contribution in [-0.2, 0) is 6.54 Å². The quantitative estimate of drug-likeness (QED) is 0.507. The molecule has 2 aromatic heterocycles. The van der Waals surface area contributed by atoms with E-state index in [1.807, 2.05) is 17.7 Å². The number of anilines is 1. The highest BCUT2D eigenvalue weighted by atomic mass is 16.1. The number of aromatic nitrogens is 4. The smallest absolute Gasteiger partial charge is 0.271 e. The second-order valence-electron chi connectivity index (χ2n) is 4.07. The zero-order valence-corrected chi connectivity index (χ0v) is 10.4. The first-order valence-electron chi connectivity index (χ1n) is 5.74. The van der Waals surface area contributed by atoms with Crippen molar-refractivity contribution in [3.8, 4) is 0 Å². The summed E-state index contributed by atoms with van der Waals surface area (Å²) in [6.45, 7) is 2.54. The van der Waals surface area contributed by atoms with Crippen molar-refractivity contribution in [3.05, 3.63) is 36.8 Å². The van der Waals surface area contributed by atoms with Crippen LogP contribution in [0.4, 0.5) is 5.82 Å². The van der Waals surface area contributed by atoms with E-state index < -0.39 is 0 Å². The molecule has 0 saturated carbocycles. The molecule has 2 rings (SSSR count). The molecule has 1 amide bonds. The van der Waals surface area contributed by atoms with E-state index >= 15 is 0 Å². The molecule has 4 N–H and O–H groups in total. The van der Waals surface area contributed by atoms with Crippen molar-refractivity contribution in [1.29, 1.82) is 0 Å². The van der Waals surface area contributed by atoms with Gasteiger partial charge in [0.25, 0.3) is 5.91 Å². The Morgan fingerprint density at radius 1 is 1.47 bits per heavy atom. The molecule has 1 atom stereocenters. The van der Waals surface area contributed by atoms with Crippen LogP contribution in [0.25, 0.3) is 0 Å². The molecule has 8 nitrogen and oxygen atoms in total. The lowest BCUT2D eigenvalue weighted by atomic mass is 10.3. The third-order valence-corrected chi connectivity index (χ3v) is 2.45. The molecule has 0 saturated heterocycles. The van der Waals surface area contributed by atoms with Gasteiger partial charge in [-0.25, -0.2) is 20.8 Å². The largest absolute Gasteiger partial charge is 0.346 e. The van der Waals surface area contributed by atoms with Crippen LogP contribution in [0.1, 0.15) is 17.4 Å². The predicted octanol–water partition coefficient (Wildman–Crippen LogP) is -0.223. The Hall–Kier alpha value is -2.48. The van der Waals surface area contributed by atoms with Crippen molar-refractivity contribution in [1.82, 2.24) is 24.8 Å². The molecule has 1 unspecified atom stereocenters. The van der Waals surface area contributed by atoms with Gasteiger partial charge >= 0.3 is 0 Å². The molecule has 0 bridgehead atoms. The summed E-state index contributed by atoms with van der Waals surface area (Å²) >= 11 is 0. The maximum absolute atomic E-state index is 11.9. The Labute approximate surface area is 110 Å². The van der Waals surface area contributed by atoms with Gasteiger partial charge in [-0.05, 0) is 6.92 Å². The highest BCUT2D eigenvalue weighted by molar-refractivity contribution is 5.92. The first-order valence-corrected chi connectivity index (χ1v) is 5.74. The SMILES string of the molecule is CC(Cn1ccnc1)NC(=O)c1cnc(NN)cn1. The summed E-state index contributed by atoms with van der Waals surface area (Å²) in [6, 6.07) is -0.0455. The van der Waals surface area contributed by atoms with Gasteiger partial charge in [-0.2, -0.15) is 0 Å². The van der Waals surface area contributed by atoms with Crippen molar-refractivity contribution in [2.75, 3.05) is 5.43 Å². The molecule has 8 heteroatoms. The minimum absolute atomic E-state index is 0.0455. The van der Waals surface area contributed by atoms with Gasteiger partial charge in [-0.15, -0.1) is 0 Å². The van der Waals surface area contributed by atoms with Crippen molar-refractivity contribution < 1.29 is 4.79 Å². The van der Waals surface area contributed by atoms with Gasteiger partial charge in [-0.3, -0.25) is 4.79 Å². The number of nitrogens with two attached hydrogens (primary N) is 1. The van der Waals surface area contributed by atoms with E-state index in [-0.39, 0.29) is 17.6 Å². The maximum Gasteiger partial charge on any atom is 0.271 e. The van der Waals surface area contributed by atoms with Gasteiger partial charge in [0.15, 0.2) is 5.82 Å². The topological polar surface area (TPSA) is 111 Å². The lowest BCUT2D eigenvalue weighted by molar-refractivity contribution is 0.0931. The summed E-state index contributed by atoms with van der Waals surface area (Å²) in [4.78, 5) is 23.7. The van der Waals surface area contributed by atoms with Gasteiger partial charge in [-0.1, -0.05) is 0 Å². The average molecular weight is 261 g/mol. The van der Waals surface area contributed by atoms with Crippen molar-refractivity contribution in [2.24, 2.45) is 5.84 Å². The predicted molar refractivity (Wildman–Crippen MR) is 69.0 cm³/mol. The summed E-state index contributed by atoms with van der Waals surface area (Å²) in [5.41, 5.74) is 2.59. The summed E-state index contributed by atoms with van der Waals surface area (Å²) in [7, 11) is 0. The number of carbonyl (C=O) groups is 1. The molecular formula is C11H15N7O. The van der Waals surface area contributed by atoms with Crippen LogP contribution in [0.15, 0.2) is 31.1 Å². The molecule has 0 radical (unpaired) electrons.